The number of aromatic nitrogens is 4. The van der Waals surface area contributed by atoms with E-state index in [1.807, 2.05) is 40.8 Å². The highest BCUT2D eigenvalue weighted by atomic mass is 127. The summed E-state index contributed by atoms with van der Waals surface area (Å²) in [7, 11) is 4.75. The van der Waals surface area contributed by atoms with Gasteiger partial charge in [0.15, 0.2) is 20.8 Å². The topological polar surface area (TPSA) is 144 Å². The molecular formula is C22H25IN6O5. The minimum absolute atomic E-state index is 0.208. The van der Waals surface area contributed by atoms with E-state index in [0.717, 1.165) is 5.56 Å². The average Bonchev–Trinajstić information content (AvgIpc) is 3.39. The van der Waals surface area contributed by atoms with Crippen LogP contribution in [0.15, 0.2) is 24.5 Å². The van der Waals surface area contributed by atoms with Crippen molar-refractivity contribution in [2.24, 2.45) is 11.3 Å². The lowest BCUT2D eigenvalue weighted by molar-refractivity contribution is -0.132. The van der Waals surface area contributed by atoms with E-state index < -0.39 is 23.7 Å². The molecule has 0 saturated heterocycles. The Kier molecular flexibility index (Phi) is 5.76. The number of rotatable bonds is 7. The minimum atomic E-state index is -1.15. The predicted molar refractivity (Wildman–Crippen MR) is 131 cm³/mol. The van der Waals surface area contributed by atoms with E-state index in [1.54, 1.807) is 25.1 Å². The number of carbonyl (C=O) groups is 1. The van der Waals surface area contributed by atoms with Gasteiger partial charge >= 0.3 is 0 Å². The van der Waals surface area contributed by atoms with Crippen LogP contribution in [0.1, 0.15) is 18.0 Å². The number of aliphatic hydroxyl groups excluding tert-OH is 2. The predicted octanol–water partition coefficient (Wildman–Crippen LogP) is 1.09. The molecule has 2 heterocycles. The van der Waals surface area contributed by atoms with E-state index in [9.17, 15) is 15.0 Å². The molecule has 1 aromatic carbocycles. The van der Waals surface area contributed by atoms with Crippen LogP contribution in [0.25, 0.3) is 11.2 Å². The standard InChI is InChI=1S/C22H25IN6O5/c1-24-20(32)22-7-12(22)15(16(30)17(22)31)29-9-26-14-18(27-21(23)28-19(14)29)25-8-10-6-11(33-2)4-5-13(10)34-3/h4-6,9,12,15-17,30-31H,7-8H2,1-3H3,(H,24,32)(H,25,27,28)/t12-,15+,16+,17+,22+/m1/s1. The van der Waals surface area contributed by atoms with Gasteiger partial charge in [-0.05, 0) is 24.6 Å². The average molecular weight is 580 g/mol. The zero-order chi connectivity index (χ0) is 24.2. The molecule has 11 nitrogen and oxygen atoms in total. The second-order valence-corrected chi connectivity index (χ2v) is 9.52. The molecule has 1 amide bonds. The fraction of sp³-hybridized carbons (Fsp3) is 0.455. The molecular weight excluding hydrogens is 555 g/mol. The molecule has 0 unspecified atom stereocenters. The molecule has 4 N–H and O–H groups in total. The first-order chi connectivity index (χ1) is 16.3. The van der Waals surface area contributed by atoms with Gasteiger partial charge in [-0.15, -0.1) is 0 Å². The van der Waals surface area contributed by atoms with E-state index in [4.69, 9.17) is 9.47 Å². The zero-order valence-corrected chi connectivity index (χ0v) is 21.0. The molecule has 2 aromatic heterocycles. The van der Waals surface area contributed by atoms with Crippen molar-refractivity contribution in [1.29, 1.82) is 0 Å². The fourth-order valence-electron chi connectivity index (χ4n) is 5.22. The van der Waals surface area contributed by atoms with Crippen LogP contribution in [0, 0.1) is 15.2 Å². The molecule has 0 spiro atoms. The Morgan fingerprint density at radius 3 is 2.79 bits per heavy atom. The number of ether oxygens (including phenoxy) is 2. The number of halogens is 1. The summed E-state index contributed by atoms with van der Waals surface area (Å²) in [6.45, 7) is 0.405. The summed E-state index contributed by atoms with van der Waals surface area (Å²) in [6, 6.07) is 5.03. The SMILES string of the molecule is CNC(=O)[C@@]12C[C@@H]1[C@H](n1cnc3c(NCc4cc(OC)ccc4OC)nc(I)nc31)[C@H](O)[C@@H]2O. The number of amides is 1. The molecule has 0 radical (unpaired) electrons. The first-order valence-electron chi connectivity index (χ1n) is 10.8. The van der Waals surface area contributed by atoms with Crippen LogP contribution < -0.4 is 20.1 Å². The third-order valence-corrected chi connectivity index (χ3v) is 7.45. The third-order valence-electron chi connectivity index (χ3n) is 6.97. The molecule has 5 atom stereocenters. The highest BCUT2D eigenvalue weighted by molar-refractivity contribution is 14.1. The van der Waals surface area contributed by atoms with E-state index in [2.05, 4.69) is 25.6 Å². The maximum Gasteiger partial charge on any atom is 0.229 e. The van der Waals surface area contributed by atoms with Gasteiger partial charge in [0.2, 0.25) is 5.91 Å². The van der Waals surface area contributed by atoms with Crippen LogP contribution in [0.5, 0.6) is 11.5 Å². The maximum atomic E-state index is 12.5. The number of aliphatic hydroxyl groups is 2. The van der Waals surface area contributed by atoms with Crippen molar-refractivity contribution in [1.82, 2.24) is 24.8 Å². The van der Waals surface area contributed by atoms with Crippen LogP contribution in [-0.2, 0) is 11.3 Å². The fourth-order valence-corrected chi connectivity index (χ4v) is 5.69. The van der Waals surface area contributed by atoms with Gasteiger partial charge in [-0.2, -0.15) is 0 Å². The molecule has 12 heteroatoms. The largest absolute Gasteiger partial charge is 0.497 e. The number of nitrogens with one attached hydrogen (secondary N) is 2. The summed E-state index contributed by atoms with van der Waals surface area (Å²) >= 11 is 2.03. The molecule has 2 fully saturated rings. The lowest BCUT2D eigenvalue weighted by Crippen LogP contribution is -2.41. The van der Waals surface area contributed by atoms with Gasteiger partial charge in [-0.1, -0.05) is 0 Å². The third kappa shape index (κ3) is 3.38. The van der Waals surface area contributed by atoms with Crippen molar-refractivity contribution in [3.8, 4) is 11.5 Å². The van der Waals surface area contributed by atoms with Gasteiger partial charge in [0.1, 0.15) is 17.6 Å². The summed E-state index contributed by atoms with van der Waals surface area (Å²) in [5, 5.41) is 27.5. The van der Waals surface area contributed by atoms with Crippen LogP contribution in [0.2, 0.25) is 0 Å². The normalized spacial score (nSPS) is 27.4. The van der Waals surface area contributed by atoms with Crippen LogP contribution in [0.4, 0.5) is 5.82 Å². The summed E-state index contributed by atoms with van der Waals surface area (Å²) in [4.78, 5) is 26.1. The van der Waals surface area contributed by atoms with Gasteiger partial charge in [0.25, 0.3) is 0 Å². The number of hydrogen-bond donors (Lipinski definition) is 4. The Hall–Kier alpha value is -2.71. The number of benzene rings is 1. The van der Waals surface area contributed by atoms with E-state index >= 15 is 0 Å². The number of imidazole rings is 1. The molecule has 0 bridgehead atoms. The van der Waals surface area contributed by atoms with Crippen molar-refractivity contribution >= 4 is 45.5 Å². The molecule has 5 rings (SSSR count). The Bertz CT molecular complexity index is 1270. The van der Waals surface area contributed by atoms with Crippen LogP contribution in [0.3, 0.4) is 0 Å². The van der Waals surface area contributed by atoms with Crippen molar-refractivity contribution in [2.45, 2.75) is 31.2 Å². The van der Waals surface area contributed by atoms with Gasteiger partial charge in [0.05, 0.1) is 38.1 Å². The summed E-state index contributed by atoms with van der Waals surface area (Å²) in [5.41, 5.74) is 0.961. The monoisotopic (exact) mass is 580 g/mol. The molecule has 3 aromatic rings. The first-order valence-corrected chi connectivity index (χ1v) is 11.9. The lowest BCUT2D eigenvalue weighted by atomic mass is 9.98. The first kappa shape index (κ1) is 23.1. The van der Waals surface area contributed by atoms with Crippen molar-refractivity contribution in [3.63, 3.8) is 0 Å². The molecule has 180 valence electrons. The van der Waals surface area contributed by atoms with Crippen LogP contribution >= 0.6 is 22.6 Å². The number of methoxy groups -OCH3 is 2. The summed E-state index contributed by atoms with van der Waals surface area (Å²) in [6.07, 6.45) is -0.179. The molecule has 34 heavy (non-hydrogen) atoms. The summed E-state index contributed by atoms with van der Waals surface area (Å²) < 4.78 is 13.0. The minimum Gasteiger partial charge on any atom is -0.497 e. The molecule has 2 saturated carbocycles. The zero-order valence-electron chi connectivity index (χ0n) is 18.8. The van der Waals surface area contributed by atoms with Crippen LogP contribution in [-0.4, -0.2) is 69.1 Å². The van der Waals surface area contributed by atoms with E-state index in [1.165, 1.54) is 7.05 Å². The highest BCUT2D eigenvalue weighted by Crippen LogP contribution is 2.67. The quantitative estimate of drug-likeness (QED) is 0.239. The second kappa shape index (κ2) is 8.50. The van der Waals surface area contributed by atoms with E-state index in [-0.39, 0.29) is 11.8 Å². The highest BCUT2D eigenvalue weighted by Gasteiger charge is 2.75. The Morgan fingerprint density at radius 1 is 1.29 bits per heavy atom. The number of fused-ring (bicyclic) bond motifs is 2. The number of anilines is 1. The number of hydrogen-bond acceptors (Lipinski definition) is 9. The number of nitrogens with zero attached hydrogens (tertiary/aromatic N) is 4. The van der Waals surface area contributed by atoms with Crippen molar-refractivity contribution < 1.29 is 24.5 Å². The Morgan fingerprint density at radius 2 is 2.09 bits per heavy atom. The van der Waals surface area contributed by atoms with Gasteiger partial charge in [0, 0.05) is 47.7 Å². The van der Waals surface area contributed by atoms with Gasteiger partial charge < -0.3 is 34.9 Å². The summed E-state index contributed by atoms with van der Waals surface area (Å²) in [5.74, 6) is 1.48. The Labute approximate surface area is 209 Å². The van der Waals surface area contributed by atoms with Crippen molar-refractivity contribution in [3.05, 3.63) is 33.9 Å². The second-order valence-electron chi connectivity index (χ2n) is 8.55. The van der Waals surface area contributed by atoms with E-state index in [0.29, 0.717) is 45.3 Å². The molecule has 2 aliphatic carbocycles. The smallest absolute Gasteiger partial charge is 0.229 e. The maximum absolute atomic E-state index is 12.5. The Balaban J connectivity index is 1.48. The van der Waals surface area contributed by atoms with Gasteiger partial charge in [-0.25, -0.2) is 15.0 Å². The van der Waals surface area contributed by atoms with Crippen molar-refractivity contribution in [2.75, 3.05) is 26.6 Å². The molecule has 0 aliphatic heterocycles. The van der Waals surface area contributed by atoms with Gasteiger partial charge in [-0.3, -0.25) is 4.79 Å². The number of carbonyl (C=O) groups excluding carboxylic acids is 1. The lowest BCUT2D eigenvalue weighted by Gasteiger charge is -2.23. The molecule has 2 aliphatic rings.